The summed E-state index contributed by atoms with van der Waals surface area (Å²) in [5.74, 6) is 2.08. The lowest BCUT2D eigenvalue weighted by molar-refractivity contribution is 0.102. The quantitative estimate of drug-likeness (QED) is 0.850. The van der Waals surface area contributed by atoms with Gasteiger partial charge in [0.1, 0.15) is 5.75 Å². The molecule has 2 heterocycles. The third kappa shape index (κ3) is 4.70. The third-order valence-corrected chi connectivity index (χ3v) is 4.12. The normalized spacial score (nSPS) is 14.6. The van der Waals surface area contributed by atoms with Gasteiger partial charge in [0.15, 0.2) is 5.82 Å². The lowest BCUT2D eigenvalue weighted by atomic mass is 9.98. The predicted molar refractivity (Wildman–Crippen MR) is 98.7 cm³/mol. The number of ether oxygens (including phenoxy) is 1. The average molecular weight is 366 g/mol. The largest absolute Gasteiger partial charge is 0.494 e. The Balaban J connectivity index is 0.00000225. The van der Waals surface area contributed by atoms with Gasteiger partial charge in [-0.05, 0) is 51.1 Å². The van der Waals surface area contributed by atoms with Crippen molar-refractivity contribution in [1.29, 1.82) is 0 Å². The first-order valence-corrected chi connectivity index (χ1v) is 8.33. The number of nitrogens with one attached hydrogen (secondary N) is 2. The Morgan fingerprint density at radius 1 is 1.40 bits per heavy atom. The van der Waals surface area contributed by atoms with Gasteiger partial charge in [-0.1, -0.05) is 6.07 Å². The summed E-state index contributed by atoms with van der Waals surface area (Å²) in [5.41, 5.74) is 0.535. The lowest BCUT2D eigenvalue weighted by Crippen LogP contribution is -2.27. The highest BCUT2D eigenvalue weighted by atomic mass is 35.5. The fourth-order valence-corrected chi connectivity index (χ4v) is 2.83. The van der Waals surface area contributed by atoms with Crippen molar-refractivity contribution in [3.8, 4) is 5.75 Å². The van der Waals surface area contributed by atoms with Crippen molar-refractivity contribution in [2.24, 2.45) is 7.05 Å². The first kappa shape index (κ1) is 19.2. The van der Waals surface area contributed by atoms with Crippen LogP contribution in [0, 0.1) is 0 Å². The summed E-state index contributed by atoms with van der Waals surface area (Å²) >= 11 is 0. The van der Waals surface area contributed by atoms with Crippen molar-refractivity contribution in [1.82, 2.24) is 20.1 Å². The number of hydrogen-bond acceptors (Lipinski definition) is 5. The van der Waals surface area contributed by atoms with Gasteiger partial charge in [-0.15, -0.1) is 12.4 Å². The van der Waals surface area contributed by atoms with E-state index in [1.807, 2.05) is 13.0 Å². The summed E-state index contributed by atoms with van der Waals surface area (Å²) in [7, 11) is 1.80. The summed E-state index contributed by atoms with van der Waals surface area (Å²) in [4.78, 5) is 17.0. The zero-order valence-electron chi connectivity index (χ0n) is 14.5. The van der Waals surface area contributed by atoms with Gasteiger partial charge in [0.05, 0.1) is 6.61 Å². The second kappa shape index (κ2) is 8.82. The van der Waals surface area contributed by atoms with E-state index in [9.17, 15) is 4.79 Å². The minimum Gasteiger partial charge on any atom is -0.494 e. The standard InChI is InChI=1S/C17H23N5O2.ClH/c1-3-24-14-6-4-5-13(11-14)16(23)20-17-19-15(21-22(17)2)12-7-9-18-10-8-12;/h4-6,11-12,18H,3,7-10H2,1-2H3,(H,19,20,21,23);1H. The SMILES string of the molecule is CCOc1cccc(C(=O)Nc2nc(C3CCNCC3)nn2C)c1.Cl. The Morgan fingerprint density at radius 3 is 2.88 bits per heavy atom. The Morgan fingerprint density at radius 2 is 2.16 bits per heavy atom. The number of hydrogen-bond donors (Lipinski definition) is 2. The average Bonchev–Trinajstić information content (AvgIpc) is 2.97. The molecule has 3 rings (SSSR count). The van der Waals surface area contributed by atoms with Gasteiger partial charge in [0.2, 0.25) is 5.95 Å². The Bertz CT molecular complexity index is 713. The van der Waals surface area contributed by atoms with Crippen molar-refractivity contribution in [2.75, 3.05) is 25.0 Å². The van der Waals surface area contributed by atoms with Gasteiger partial charge in [0, 0.05) is 18.5 Å². The number of aromatic nitrogens is 3. The van der Waals surface area contributed by atoms with Crippen molar-refractivity contribution in [2.45, 2.75) is 25.7 Å². The zero-order valence-corrected chi connectivity index (χ0v) is 15.3. The van der Waals surface area contributed by atoms with Crippen LogP contribution in [0.3, 0.4) is 0 Å². The van der Waals surface area contributed by atoms with Crippen LogP contribution in [0.4, 0.5) is 5.95 Å². The van der Waals surface area contributed by atoms with Crippen LogP contribution < -0.4 is 15.4 Å². The van der Waals surface area contributed by atoms with Gasteiger partial charge >= 0.3 is 0 Å². The fraction of sp³-hybridized carbons (Fsp3) is 0.471. The van der Waals surface area contributed by atoms with E-state index >= 15 is 0 Å². The van der Waals surface area contributed by atoms with E-state index in [1.54, 1.807) is 29.9 Å². The molecule has 1 aromatic heterocycles. The number of amides is 1. The molecule has 0 atom stereocenters. The maximum Gasteiger partial charge on any atom is 0.258 e. The van der Waals surface area contributed by atoms with Crippen molar-refractivity contribution >= 4 is 24.3 Å². The van der Waals surface area contributed by atoms with Crippen LogP contribution in [-0.4, -0.2) is 40.4 Å². The molecule has 136 valence electrons. The van der Waals surface area contributed by atoms with Gasteiger partial charge in [0.25, 0.3) is 5.91 Å². The van der Waals surface area contributed by atoms with Crippen LogP contribution >= 0.6 is 12.4 Å². The number of nitrogens with zero attached hydrogens (tertiary/aromatic N) is 3. The molecule has 0 spiro atoms. The van der Waals surface area contributed by atoms with Gasteiger partial charge in [-0.25, -0.2) is 4.68 Å². The number of halogens is 1. The van der Waals surface area contributed by atoms with Gasteiger partial charge in [-0.2, -0.15) is 10.1 Å². The highest BCUT2D eigenvalue weighted by Gasteiger charge is 2.21. The molecular formula is C17H24ClN5O2. The van der Waals surface area contributed by atoms with E-state index in [2.05, 4.69) is 20.7 Å². The number of carbonyl (C=O) groups is 1. The molecule has 0 aliphatic carbocycles. The van der Waals surface area contributed by atoms with Crippen LogP contribution in [0.1, 0.15) is 41.9 Å². The number of aryl methyl sites for hydroxylation is 1. The number of carbonyl (C=O) groups excluding carboxylic acids is 1. The van der Waals surface area contributed by atoms with E-state index < -0.39 is 0 Å². The molecule has 0 unspecified atom stereocenters. The van der Waals surface area contributed by atoms with Crippen LogP contribution in [0.15, 0.2) is 24.3 Å². The molecule has 1 amide bonds. The van der Waals surface area contributed by atoms with Crippen LogP contribution in [0.5, 0.6) is 5.75 Å². The summed E-state index contributed by atoms with van der Waals surface area (Å²) in [5, 5.41) is 10.6. The topological polar surface area (TPSA) is 81.1 Å². The van der Waals surface area contributed by atoms with Crippen molar-refractivity contribution in [3.05, 3.63) is 35.7 Å². The molecule has 1 aliphatic rings. The molecular weight excluding hydrogens is 342 g/mol. The molecule has 8 heteroatoms. The maximum absolute atomic E-state index is 12.5. The lowest BCUT2D eigenvalue weighted by Gasteiger charge is -2.19. The van der Waals surface area contributed by atoms with Crippen LogP contribution in [0.2, 0.25) is 0 Å². The summed E-state index contributed by atoms with van der Waals surface area (Å²) < 4.78 is 7.06. The van der Waals surface area contributed by atoms with Crippen molar-refractivity contribution < 1.29 is 9.53 Å². The molecule has 1 aromatic carbocycles. The van der Waals surface area contributed by atoms with E-state index in [0.717, 1.165) is 31.8 Å². The second-order valence-electron chi connectivity index (χ2n) is 5.86. The van der Waals surface area contributed by atoms with Crippen LogP contribution in [-0.2, 0) is 7.05 Å². The summed E-state index contributed by atoms with van der Waals surface area (Å²) in [6.45, 7) is 4.44. The molecule has 1 aliphatic heterocycles. The highest BCUT2D eigenvalue weighted by molar-refractivity contribution is 6.03. The number of rotatable bonds is 5. The number of benzene rings is 1. The third-order valence-electron chi connectivity index (χ3n) is 4.12. The van der Waals surface area contributed by atoms with E-state index in [0.29, 0.717) is 29.8 Å². The fourth-order valence-electron chi connectivity index (χ4n) is 2.83. The minimum atomic E-state index is -0.219. The zero-order chi connectivity index (χ0) is 16.9. The first-order chi connectivity index (χ1) is 11.7. The summed E-state index contributed by atoms with van der Waals surface area (Å²) in [6.07, 6.45) is 2.04. The highest BCUT2D eigenvalue weighted by Crippen LogP contribution is 2.23. The van der Waals surface area contributed by atoms with Gasteiger partial charge in [-0.3, -0.25) is 10.1 Å². The molecule has 2 N–H and O–H groups in total. The Labute approximate surface area is 153 Å². The monoisotopic (exact) mass is 365 g/mol. The summed E-state index contributed by atoms with van der Waals surface area (Å²) in [6, 6.07) is 7.11. The van der Waals surface area contributed by atoms with Crippen molar-refractivity contribution in [3.63, 3.8) is 0 Å². The molecule has 1 saturated heterocycles. The molecule has 0 radical (unpaired) electrons. The smallest absolute Gasteiger partial charge is 0.258 e. The van der Waals surface area contributed by atoms with E-state index in [-0.39, 0.29) is 18.3 Å². The molecule has 0 saturated carbocycles. The number of piperidine rings is 1. The van der Waals surface area contributed by atoms with Gasteiger partial charge < -0.3 is 10.1 Å². The van der Waals surface area contributed by atoms with E-state index in [1.165, 1.54) is 0 Å². The number of anilines is 1. The molecule has 1 fully saturated rings. The second-order valence-corrected chi connectivity index (χ2v) is 5.86. The first-order valence-electron chi connectivity index (χ1n) is 8.33. The maximum atomic E-state index is 12.5. The molecule has 0 bridgehead atoms. The molecule has 2 aromatic rings. The minimum absolute atomic E-state index is 0. The predicted octanol–water partition coefficient (Wildman–Crippen LogP) is 2.35. The molecule has 25 heavy (non-hydrogen) atoms. The van der Waals surface area contributed by atoms with E-state index in [4.69, 9.17) is 4.74 Å². The Hall–Kier alpha value is -2.12. The van der Waals surface area contributed by atoms with Crippen LogP contribution in [0.25, 0.3) is 0 Å². The Kier molecular flexibility index (Phi) is 6.78. The molecule has 7 nitrogen and oxygen atoms in total.